The van der Waals surface area contributed by atoms with E-state index in [9.17, 15) is 14.7 Å². The second-order valence-electron chi connectivity index (χ2n) is 5.68. The zero-order valence-electron chi connectivity index (χ0n) is 11.3. The van der Waals surface area contributed by atoms with E-state index in [-0.39, 0.29) is 24.5 Å². The number of aliphatic hydroxyl groups excluding tert-OH is 1. The van der Waals surface area contributed by atoms with Gasteiger partial charge >= 0.3 is 5.97 Å². The monoisotopic (exact) mass is 269 g/mol. The average Bonchev–Trinajstić information content (AvgIpc) is 2.88. The first-order valence-corrected chi connectivity index (χ1v) is 7.29. The lowest BCUT2D eigenvalue weighted by Crippen LogP contribution is -2.48. The Hall–Kier alpha value is -1.10. The molecule has 0 spiro atoms. The molecule has 108 valence electrons. The molecule has 2 fully saturated rings. The zero-order chi connectivity index (χ0) is 13.8. The van der Waals surface area contributed by atoms with Crippen LogP contribution in [0.15, 0.2) is 0 Å². The minimum atomic E-state index is -0.841. The number of aliphatic hydroxyl groups is 1. The predicted octanol–water partition coefficient (Wildman–Crippen LogP) is 1.25. The van der Waals surface area contributed by atoms with Gasteiger partial charge in [0.25, 0.3) is 0 Å². The van der Waals surface area contributed by atoms with Crippen molar-refractivity contribution in [2.24, 2.45) is 11.8 Å². The summed E-state index contributed by atoms with van der Waals surface area (Å²) in [6.45, 7) is 0.799. The summed E-state index contributed by atoms with van der Waals surface area (Å²) in [5, 5.41) is 18.3. The molecule has 0 radical (unpaired) electrons. The van der Waals surface area contributed by atoms with Crippen molar-refractivity contribution >= 4 is 11.9 Å². The fourth-order valence-corrected chi connectivity index (χ4v) is 3.50. The summed E-state index contributed by atoms with van der Waals surface area (Å²) in [4.78, 5) is 25.6. The summed E-state index contributed by atoms with van der Waals surface area (Å²) in [5.74, 6) is -1.70. The van der Waals surface area contributed by atoms with Crippen LogP contribution < -0.4 is 0 Å². The first-order valence-electron chi connectivity index (χ1n) is 7.29. The highest BCUT2D eigenvalue weighted by atomic mass is 16.4. The number of likely N-dealkylation sites (tertiary alicyclic amines) is 1. The summed E-state index contributed by atoms with van der Waals surface area (Å²) < 4.78 is 0. The van der Waals surface area contributed by atoms with Crippen LogP contribution in [0, 0.1) is 11.8 Å². The van der Waals surface area contributed by atoms with Gasteiger partial charge in [0, 0.05) is 19.2 Å². The predicted molar refractivity (Wildman–Crippen MR) is 69.5 cm³/mol. The molecule has 0 aromatic rings. The molecule has 2 N–H and O–H groups in total. The van der Waals surface area contributed by atoms with Crippen molar-refractivity contribution < 1.29 is 19.8 Å². The zero-order valence-corrected chi connectivity index (χ0v) is 11.3. The van der Waals surface area contributed by atoms with Crippen molar-refractivity contribution in [2.45, 2.75) is 51.0 Å². The standard InChI is InChI=1S/C14H23NO4/c16-9-7-10-4-1-2-8-15(10)13(17)11-5-3-6-12(11)14(18)19/h10-12,16H,1-9H2,(H,18,19)/t10?,11-,12+/m1/s1. The Bertz CT molecular complexity index is 342. The summed E-state index contributed by atoms with van der Waals surface area (Å²) >= 11 is 0. The Labute approximate surface area is 113 Å². The van der Waals surface area contributed by atoms with Crippen molar-refractivity contribution in [1.82, 2.24) is 4.90 Å². The van der Waals surface area contributed by atoms with E-state index in [4.69, 9.17) is 5.11 Å². The molecule has 2 aliphatic rings. The number of nitrogens with zero attached hydrogens (tertiary/aromatic N) is 1. The van der Waals surface area contributed by atoms with Crippen LogP contribution in [0.5, 0.6) is 0 Å². The van der Waals surface area contributed by atoms with E-state index < -0.39 is 11.9 Å². The number of hydrogen-bond donors (Lipinski definition) is 2. The van der Waals surface area contributed by atoms with Crippen LogP contribution >= 0.6 is 0 Å². The van der Waals surface area contributed by atoms with Gasteiger partial charge in [0.15, 0.2) is 0 Å². The molecular formula is C14H23NO4. The molecule has 0 bridgehead atoms. The topological polar surface area (TPSA) is 77.8 Å². The lowest BCUT2D eigenvalue weighted by molar-refractivity contribution is -0.150. The summed E-state index contributed by atoms with van der Waals surface area (Å²) in [5.41, 5.74) is 0. The summed E-state index contributed by atoms with van der Waals surface area (Å²) in [7, 11) is 0. The molecule has 5 nitrogen and oxygen atoms in total. The number of hydrogen-bond acceptors (Lipinski definition) is 3. The fourth-order valence-electron chi connectivity index (χ4n) is 3.50. The third-order valence-electron chi connectivity index (χ3n) is 4.52. The first-order chi connectivity index (χ1) is 9.15. The van der Waals surface area contributed by atoms with Crippen LogP contribution in [0.25, 0.3) is 0 Å². The molecule has 0 aromatic heterocycles. The molecule has 0 aromatic carbocycles. The highest BCUT2D eigenvalue weighted by Gasteiger charge is 2.41. The van der Waals surface area contributed by atoms with Gasteiger partial charge in [0.05, 0.1) is 11.8 Å². The largest absolute Gasteiger partial charge is 0.481 e. The molecule has 1 amide bonds. The van der Waals surface area contributed by atoms with Gasteiger partial charge in [0.1, 0.15) is 0 Å². The number of amides is 1. The first kappa shape index (κ1) is 14.3. The number of carbonyl (C=O) groups is 2. The Morgan fingerprint density at radius 2 is 1.79 bits per heavy atom. The summed E-state index contributed by atoms with van der Waals surface area (Å²) in [6, 6.07) is 0.0984. The van der Waals surface area contributed by atoms with Crippen LogP contribution in [0.2, 0.25) is 0 Å². The van der Waals surface area contributed by atoms with Crippen LogP contribution in [0.4, 0.5) is 0 Å². The van der Waals surface area contributed by atoms with E-state index in [0.717, 1.165) is 25.7 Å². The van der Waals surface area contributed by atoms with Crippen LogP contribution in [0.3, 0.4) is 0 Å². The molecule has 1 unspecified atom stereocenters. The number of piperidine rings is 1. The molecule has 1 saturated carbocycles. The van der Waals surface area contributed by atoms with Crippen molar-refractivity contribution in [1.29, 1.82) is 0 Å². The van der Waals surface area contributed by atoms with E-state index in [1.807, 2.05) is 4.90 Å². The van der Waals surface area contributed by atoms with E-state index in [1.165, 1.54) is 0 Å². The van der Waals surface area contributed by atoms with Gasteiger partial charge in [-0.05, 0) is 38.5 Å². The molecule has 1 aliphatic heterocycles. The lowest BCUT2D eigenvalue weighted by Gasteiger charge is -2.37. The van der Waals surface area contributed by atoms with Gasteiger partial charge in [0.2, 0.25) is 5.91 Å². The molecule has 3 atom stereocenters. The maximum atomic E-state index is 12.6. The van der Waals surface area contributed by atoms with Gasteiger partial charge < -0.3 is 15.1 Å². The molecule has 5 heteroatoms. The average molecular weight is 269 g/mol. The number of rotatable bonds is 4. The fraction of sp³-hybridized carbons (Fsp3) is 0.857. The van der Waals surface area contributed by atoms with Crippen molar-refractivity contribution in [3.05, 3.63) is 0 Å². The van der Waals surface area contributed by atoms with Gasteiger partial charge in [-0.1, -0.05) is 6.42 Å². The van der Waals surface area contributed by atoms with E-state index in [2.05, 4.69) is 0 Å². The van der Waals surface area contributed by atoms with Crippen LogP contribution in [-0.2, 0) is 9.59 Å². The minimum Gasteiger partial charge on any atom is -0.481 e. The Morgan fingerprint density at radius 3 is 2.47 bits per heavy atom. The number of carboxylic acids is 1. The Morgan fingerprint density at radius 1 is 1.05 bits per heavy atom. The molecule has 2 rings (SSSR count). The van der Waals surface area contributed by atoms with Gasteiger partial charge in [-0.15, -0.1) is 0 Å². The SMILES string of the molecule is O=C(O)[C@H]1CCC[C@H]1C(=O)N1CCCCC1CCO. The lowest BCUT2D eigenvalue weighted by atomic mass is 9.91. The van der Waals surface area contributed by atoms with E-state index in [1.54, 1.807) is 0 Å². The maximum absolute atomic E-state index is 12.6. The van der Waals surface area contributed by atoms with Crippen LogP contribution in [-0.4, -0.2) is 46.2 Å². The minimum absolute atomic E-state index is 0.00282. The van der Waals surface area contributed by atoms with E-state index >= 15 is 0 Å². The third kappa shape index (κ3) is 3.08. The van der Waals surface area contributed by atoms with E-state index in [0.29, 0.717) is 25.8 Å². The third-order valence-corrected chi connectivity index (χ3v) is 4.52. The second kappa shape index (κ2) is 6.37. The Balaban J connectivity index is 2.06. The summed E-state index contributed by atoms with van der Waals surface area (Å²) in [6.07, 6.45) is 5.74. The van der Waals surface area contributed by atoms with Crippen molar-refractivity contribution in [2.75, 3.05) is 13.2 Å². The van der Waals surface area contributed by atoms with Crippen molar-refractivity contribution in [3.8, 4) is 0 Å². The number of aliphatic carboxylic acids is 1. The van der Waals surface area contributed by atoms with Crippen molar-refractivity contribution in [3.63, 3.8) is 0 Å². The molecular weight excluding hydrogens is 246 g/mol. The normalized spacial score (nSPS) is 31.4. The second-order valence-corrected chi connectivity index (χ2v) is 5.68. The highest BCUT2D eigenvalue weighted by Crippen LogP contribution is 2.35. The molecule has 1 heterocycles. The quantitative estimate of drug-likeness (QED) is 0.805. The van der Waals surface area contributed by atoms with Gasteiger partial charge in [-0.3, -0.25) is 9.59 Å². The molecule has 19 heavy (non-hydrogen) atoms. The molecule has 1 aliphatic carbocycles. The molecule has 1 saturated heterocycles. The maximum Gasteiger partial charge on any atom is 0.307 e. The Kier molecular flexibility index (Phi) is 4.80. The van der Waals surface area contributed by atoms with Gasteiger partial charge in [-0.25, -0.2) is 0 Å². The number of carboxylic acid groups (broad SMARTS) is 1. The van der Waals surface area contributed by atoms with Crippen LogP contribution in [0.1, 0.15) is 44.9 Å². The number of carbonyl (C=O) groups excluding carboxylic acids is 1. The highest BCUT2D eigenvalue weighted by molar-refractivity contribution is 5.85. The van der Waals surface area contributed by atoms with Gasteiger partial charge in [-0.2, -0.15) is 0 Å². The smallest absolute Gasteiger partial charge is 0.307 e.